The highest BCUT2D eigenvalue weighted by molar-refractivity contribution is 7.80. The number of ether oxygens (including phenoxy) is 1. The molecule has 1 aliphatic rings. The Bertz CT molecular complexity index is 654. The lowest BCUT2D eigenvalue weighted by Gasteiger charge is -2.37. The molecule has 4 nitrogen and oxygen atoms in total. The minimum atomic E-state index is -0.218. The third-order valence-electron chi connectivity index (χ3n) is 5.14. The molecule has 1 aromatic carbocycles. The average molecular weight is 389 g/mol. The number of amides is 1. The molecule has 0 aliphatic heterocycles. The summed E-state index contributed by atoms with van der Waals surface area (Å²) in [4.78, 5) is 12.1. The lowest BCUT2D eigenvalue weighted by atomic mass is 9.71. The lowest BCUT2D eigenvalue weighted by molar-refractivity contribution is -0.115. The van der Waals surface area contributed by atoms with Crippen LogP contribution < -0.4 is 15.4 Å². The SMILES string of the molecule is CCOc1ccc(/C=C/C(=O)NC(=S)NC2CCC(C(C)(C)C)CC2)cc1. The van der Waals surface area contributed by atoms with Gasteiger partial charge in [-0.05, 0) is 79.9 Å². The fourth-order valence-corrected chi connectivity index (χ4v) is 3.76. The zero-order valence-electron chi connectivity index (χ0n) is 16.9. The number of carbonyl (C=O) groups excluding carboxylic acids is 1. The second-order valence-corrected chi connectivity index (χ2v) is 8.62. The van der Waals surface area contributed by atoms with Crippen molar-refractivity contribution in [3.05, 3.63) is 35.9 Å². The van der Waals surface area contributed by atoms with Crippen LogP contribution in [-0.2, 0) is 4.79 Å². The molecule has 1 aliphatic carbocycles. The first-order valence-electron chi connectivity index (χ1n) is 9.80. The molecule has 0 saturated heterocycles. The van der Waals surface area contributed by atoms with E-state index in [1.54, 1.807) is 6.08 Å². The normalized spacial score (nSPS) is 20.3. The highest BCUT2D eigenvalue weighted by atomic mass is 32.1. The van der Waals surface area contributed by atoms with Crippen LogP contribution in [-0.4, -0.2) is 23.7 Å². The smallest absolute Gasteiger partial charge is 0.250 e. The van der Waals surface area contributed by atoms with Crippen molar-refractivity contribution in [3.8, 4) is 5.75 Å². The second-order valence-electron chi connectivity index (χ2n) is 8.21. The van der Waals surface area contributed by atoms with Gasteiger partial charge in [-0.2, -0.15) is 0 Å². The van der Waals surface area contributed by atoms with Crippen LogP contribution in [0.3, 0.4) is 0 Å². The van der Waals surface area contributed by atoms with Crippen LogP contribution in [0, 0.1) is 11.3 Å². The van der Waals surface area contributed by atoms with E-state index >= 15 is 0 Å². The third kappa shape index (κ3) is 7.33. The van der Waals surface area contributed by atoms with Crippen LogP contribution in [0.1, 0.15) is 58.9 Å². The molecule has 2 N–H and O–H groups in total. The lowest BCUT2D eigenvalue weighted by Crippen LogP contribution is -2.45. The number of benzene rings is 1. The van der Waals surface area contributed by atoms with E-state index in [4.69, 9.17) is 17.0 Å². The first-order valence-corrected chi connectivity index (χ1v) is 10.2. The van der Waals surface area contributed by atoms with Crippen LogP contribution >= 0.6 is 12.2 Å². The molecule has 0 radical (unpaired) electrons. The molecule has 2 rings (SSSR count). The van der Waals surface area contributed by atoms with Crippen molar-refractivity contribution in [1.82, 2.24) is 10.6 Å². The van der Waals surface area contributed by atoms with Gasteiger partial charge in [0.25, 0.3) is 0 Å². The molecule has 1 amide bonds. The van der Waals surface area contributed by atoms with Gasteiger partial charge in [0.05, 0.1) is 6.61 Å². The van der Waals surface area contributed by atoms with Gasteiger partial charge in [-0.1, -0.05) is 32.9 Å². The molecule has 0 unspecified atom stereocenters. The Morgan fingerprint density at radius 3 is 2.37 bits per heavy atom. The zero-order chi connectivity index (χ0) is 19.9. The highest BCUT2D eigenvalue weighted by Gasteiger charge is 2.29. The quantitative estimate of drug-likeness (QED) is 0.567. The first-order chi connectivity index (χ1) is 12.8. The van der Waals surface area contributed by atoms with Gasteiger partial charge in [-0.15, -0.1) is 0 Å². The third-order valence-corrected chi connectivity index (χ3v) is 5.36. The minimum Gasteiger partial charge on any atom is -0.494 e. The Morgan fingerprint density at radius 2 is 1.81 bits per heavy atom. The van der Waals surface area contributed by atoms with Gasteiger partial charge in [-0.3, -0.25) is 10.1 Å². The second kappa shape index (κ2) is 9.88. The molecule has 1 saturated carbocycles. The van der Waals surface area contributed by atoms with Crippen LogP contribution in [0.2, 0.25) is 0 Å². The largest absolute Gasteiger partial charge is 0.494 e. The van der Waals surface area contributed by atoms with Crippen LogP contribution in [0.25, 0.3) is 6.08 Å². The summed E-state index contributed by atoms with van der Waals surface area (Å²) in [6, 6.07) is 7.96. The standard InChI is InChI=1S/C22H32N2O2S/c1-5-26-19-13-6-16(7-14-19)8-15-20(25)24-21(27)23-18-11-9-17(10-12-18)22(2,3)4/h6-8,13-15,17-18H,5,9-12H2,1-4H3,(H2,23,24,25,27)/b15-8+. The number of hydrogen-bond acceptors (Lipinski definition) is 3. The van der Waals surface area contributed by atoms with Gasteiger partial charge in [0.1, 0.15) is 5.75 Å². The van der Waals surface area contributed by atoms with Gasteiger partial charge < -0.3 is 10.1 Å². The molecular formula is C22H32N2O2S. The summed E-state index contributed by atoms with van der Waals surface area (Å²) in [6.07, 6.45) is 7.87. The van der Waals surface area contributed by atoms with E-state index in [0.29, 0.717) is 23.2 Å². The van der Waals surface area contributed by atoms with Gasteiger partial charge in [0, 0.05) is 12.1 Å². The number of hydrogen-bond donors (Lipinski definition) is 2. The number of carbonyl (C=O) groups is 1. The van der Waals surface area contributed by atoms with E-state index < -0.39 is 0 Å². The Morgan fingerprint density at radius 1 is 1.19 bits per heavy atom. The molecule has 5 heteroatoms. The Kier molecular flexibility index (Phi) is 7.84. The van der Waals surface area contributed by atoms with Gasteiger partial charge in [0.2, 0.25) is 5.91 Å². The summed E-state index contributed by atoms with van der Waals surface area (Å²) >= 11 is 5.30. The molecule has 0 spiro atoms. The van der Waals surface area contributed by atoms with Crippen LogP contribution in [0.5, 0.6) is 5.75 Å². The summed E-state index contributed by atoms with van der Waals surface area (Å²) in [7, 11) is 0. The van der Waals surface area contributed by atoms with Gasteiger partial charge in [0.15, 0.2) is 5.11 Å². The minimum absolute atomic E-state index is 0.218. The summed E-state index contributed by atoms with van der Waals surface area (Å²) in [6.45, 7) is 9.53. The monoisotopic (exact) mass is 388 g/mol. The van der Waals surface area contributed by atoms with E-state index in [0.717, 1.165) is 30.1 Å². The topological polar surface area (TPSA) is 50.4 Å². The van der Waals surface area contributed by atoms with E-state index in [-0.39, 0.29) is 5.91 Å². The Hall–Kier alpha value is -1.88. The van der Waals surface area contributed by atoms with E-state index in [1.807, 2.05) is 31.2 Å². The Labute approximate surface area is 168 Å². The van der Waals surface area contributed by atoms with Gasteiger partial charge >= 0.3 is 0 Å². The summed E-state index contributed by atoms with van der Waals surface area (Å²) in [5.41, 5.74) is 1.30. The predicted octanol–water partition coefficient (Wildman–Crippen LogP) is 4.69. The summed E-state index contributed by atoms with van der Waals surface area (Å²) < 4.78 is 5.41. The molecular weight excluding hydrogens is 356 g/mol. The van der Waals surface area contributed by atoms with Gasteiger partial charge in [-0.25, -0.2) is 0 Å². The molecule has 1 aromatic rings. The zero-order valence-corrected chi connectivity index (χ0v) is 17.7. The number of rotatable bonds is 5. The molecule has 0 bridgehead atoms. The van der Waals surface area contributed by atoms with Crippen molar-refractivity contribution in [2.75, 3.05) is 6.61 Å². The van der Waals surface area contributed by atoms with E-state index in [9.17, 15) is 4.79 Å². The Balaban J connectivity index is 1.74. The van der Waals surface area contributed by atoms with Crippen molar-refractivity contribution < 1.29 is 9.53 Å². The van der Waals surface area contributed by atoms with E-state index in [1.165, 1.54) is 18.9 Å². The van der Waals surface area contributed by atoms with E-state index in [2.05, 4.69) is 31.4 Å². The highest BCUT2D eigenvalue weighted by Crippen LogP contribution is 2.37. The summed E-state index contributed by atoms with van der Waals surface area (Å²) in [5.74, 6) is 1.37. The van der Waals surface area contributed by atoms with Crippen LogP contribution in [0.4, 0.5) is 0 Å². The number of nitrogens with one attached hydrogen (secondary N) is 2. The molecule has 0 heterocycles. The number of thiocarbonyl (C=S) groups is 1. The molecule has 148 valence electrons. The molecule has 0 aromatic heterocycles. The van der Waals surface area contributed by atoms with Crippen molar-refractivity contribution in [2.24, 2.45) is 11.3 Å². The fraction of sp³-hybridized carbons (Fsp3) is 0.545. The summed E-state index contributed by atoms with van der Waals surface area (Å²) in [5, 5.41) is 6.44. The maximum absolute atomic E-state index is 12.1. The van der Waals surface area contributed by atoms with Crippen molar-refractivity contribution in [1.29, 1.82) is 0 Å². The average Bonchev–Trinajstić information content (AvgIpc) is 2.61. The van der Waals surface area contributed by atoms with Crippen LogP contribution in [0.15, 0.2) is 30.3 Å². The van der Waals surface area contributed by atoms with Crippen molar-refractivity contribution in [2.45, 2.75) is 59.4 Å². The molecule has 0 atom stereocenters. The maximum atomic E-state index is 12.1. The molecule has 1 fully saturated rings. The molecule has 27 heavy (non-hydrogen) atoms. The fourth-order valence-electron chi connectivity index (χ4n) is 3.49. The maximum Gasteiger partial charge on any atom is 0.250 e. The van der Waals surface area contributed by atoms with Crippen molar-refractivity contribution >= 4 is 29.3 Å². The first kappa shape index (κ1) is 21.4. The van der Waals surface area contributed by atoms with Crippen molar-refractivity contribution in [3.63, 3.8) is 0 Å². The predicted molar refractivity (Wildman–Crippen MR) is 116 cm³/mol.